The van der Waals surface area contributed by atoms with E-state index in [-0.39, 0.29) is 16.3 Å². The number of amides is 1. The fraction of sp³-hybridized carbons (Fsp3) is 0. The number of hydrogen-bond acceptors (Lipinski definition) is 3. The lowest BCUT2D eigenvalue weighted by Crippen LogP contribution is -2.17. The summed E-state index contributed by atoms with van der Waals surface area (Å²) in [4.78, 5) is 11.8. The van der Waals surface area contributed by atoms with Gasteiger partial charge in [-0.1, -0.05) is 35.3 Å². The first-order valence-corrected chi connectivity index (χ1v) is 6.39. The Morgan fingerprint density at radius 2 is 2.00 bits per heavy atom. The van der Waals surface area contributed by atoms with Crippen LogP contribution >= 0.6 is 23.2 Å². The lowest BCUT2D eigenvalue weighted by molar-refractivity contribution is 0.0955. The Morgan fingerprint density at radius 1 is 1.20 bits per heavy atom. The number of carbonyl (C=O) groups is 1. The van der Waals surface area contributed by atoms with Crippen molar-refractivity contribution in [3.63, 3.8) is 0 Å². The lowest BCUT2D eigenvalue weighted by Gasteiger charge is -2.02. The van der Waals surface area contributed by atoms with Crippen LogP contribution in [0, 0.1) is 0 Å². The maximum absolute atomic E-state index is 11.8. The molecule has 2 N–H and O–H groups in total. The molecule has 2 aromatic rings. The van der Waals surface area contributed by atoms with Gasteiger partial charge in [0.25, 0.3) is 5.91 Å². The predicted octanol–water partition coefficient (Wildman–Crippen LogP) is 3.46. The summed E-state index contributed by atoms with van der Waals surface area (Å²) in [5.74, 6) is -0.316. The van der Waals surface area contributed by atoms with E-state index in [9.17, 15) is 9.90 Å². The SMILES string of the molecule is O=C(N/N=C\c1cccc(O)c1)c1ccc(Cl)cc1Cl. The molecule has 0 aliphatic heterocycles. The van der Waals surface area contributed by atoms with E-state index in [1.54, 1.807) is 24.3 Å². The summed E-state index contributed by atoms with van der Waals surface area (Å²) in [5, 5.41) is 13.8. The smallest absolute Gasteiger partial charge is 0.272 e. The van der Waals surface area contributed by atoms with Crippen molar-refractivity contribution in [2.45, 2.75) is 0 Å². The van der Waals surface area contributed by atoms with Crippen LogP contribution in [0.4, 0.5) is 0 Å². The van der Waals surface area contributed by atoms with E-state index in [0.29, 0.717) is 10.6 Å². The fourth-order valence-corrected chi connectivity index (χ4v) is 2.00. The monoisotopic (exact) mass is 308 g/mol. The minimum Gasteiger partial charge on any atom is -0.508 e. The molecule has 0 bridgehead atoms. The average Bonchev–Trinajstić information content (AvgIpc) is 2.38. The van der Waals surface area contributed by atoms with E-state index in [1.165, 1.54) is 24.4 Å². The van der Waals surface area contributed by atoms with Crippen LogP contribution in [0.5, 0.6) is 5.75 Å². The number of nitrogens with one attached hydrogen (secondary N) is 1. The Balaban J connectivity index is 2.05. The number of aromatic hydroxyl groups is 1. The summed E-state index contributed by atoms with van der Waals surface area (Å²) in [6.45, 7) is 0. The number of rotatable bonds is 3. The number of phenols is 1. The van der Waals surface area contributed by atoms with Crippen LogP contribution in [0.1, 0.15) is 15.9 Å². The number of hydrogen-bond donors (Lipinski definition) is 2. The highest BCUT2D eigenvalue weighted by molar-refractivity contribution is 6.36. The summed E-state index contributed by atoms with van der Waals surface area (Å²) in [5.41, 5.74) is 3.29. The van der Waals surface area contributed by atoms with Gasteiger partial charge in [0.15, 0.2) is 0 Å². The summed E-state index contributed by atoms with van der Waals surface area (Å²) in [6.07, 6.45) is 1.42. The maximum Gasteiger partial charge on any atom is 0.272 e. The molecule has 0 aromatic heterocycles. The third-order valence-electron chi connectivity index (χ3n) is 2.43. The van der Waals surface area contributed by atoms with Crippen LogP contribution in [0.15, 0.2) is 47.6 Å². The van der Waals surface area contributed by atoms with Crippen molar-refractivity contribution < 1.29 is 9.90 Å². The second-order valence-electron chi connectivity index (χ2n) is 3.92. The van der Waals surface area contributed by atoms with Gasteiger partial charge in [-0.25, -0.2) is 5.43 Å². The largest absolute Gasteiger partial charge is 0.508 e. The summed E-state index contributed by atoms with van der Waals surface area (Å²) in [6, 6.07) is 11.1. The molecule has 4 nitrogen and oxygen atoms in total. The van der Waals surface area contributed by atoms with Crippen LogP contribution in [-0.4, -0.2) is 17.2 Å². The van der Waals surface area contributed by atoms with Gasteiger partial charge in [-0.05, 0) is 35.9 Å². The summed E-state index contributed by atoms with van der Waals surface area (Å²) < 4.78 is 0. The molecule has 0 heterocycles. The molecule has 102 valence electrons. The van der Waals surface area contributed by atoms with Gasteiger partial charge in [-0.15, -0.1) is 0 Å². The highest BCUT2D eigenvalue weighted by Gasteiger charge is 2.09. The number of carbonyl (C=O) groups excluding carboxylic acids is 1. The Kier molecular flexibility index (Phi) is 4.61. The van der Waals surface area contributed by atoms with Gasteiger partial charge in [-0.2, -0.15) is 5.10 Å². The molecule has 0 unspecified atom stereocenters. The van der Waals surface area contributed by atoms with Crippen molar-refractivity contribution in [1.82, 2.24) is 5.43 Å². The van der Waals surface area contributed by atoms with E-state index in [2.05, 4.69) is 10.5 Å². The second kappa shape index (κ2) is 6.41. The van der Waals surface area contributed by atoms with Gasteiger partial charge in [-0.3, -0.25) is 4.79 Å². The quantitative estimate of drug-likeness (QED) is 0.674. The van der Waals surface area contributed by atoms with Gasteiger partial charge in [0.05, 0.1) is 16.8 Å². The molecule has 6 heteroatoms. The van der Waals surface area contributed by atoms with E-state index in [1.807, 2.05) is 0 Å². The van der Waals surface area contributed by atoms with Crippen molar-refractivity contribution in [3.05, 3.63) is 63.6 Å². The molecule has 0 aliphatic carbocycles. The molecular formula is C14H10Cl2N2O2. The van der Waals surface area contributed by atoms with Gasteiger partial charge < -0.3 is 5.11 Å². The number of nitrogens with zero attached hydrogens (tertiary/aromatic N) is 1. The molecule has 1 amide bonds. The van der Waals surface area contributed by atoms with Crippen LogP contribution in [-0.2, 0) is 0 Å². The molecule has 0 atom stereocenters. The third-order valence-corrected chi connectivity index (χ3v) is 2.97. The van der Waals surface area contributed by atoms with Crippen molar-refractivity contribution in [2.75, 3.05) is 0 Å². The molecule has 0 fully saturated rings. The van der Waals surface area contributed by atoms with E-state index < -0.39 is 5.91 Å². The van der Waals surface area contributed by atoms with E-state index in [0.717, 1.165) is 0 Å². The lowest BCUT2D eigenvalue weighted by atomic mass is 10.2. The molecule has 2 rings (SSSR count). The number of benzene rings is 2. The minimum absolute atomic E-state index is 0.126. The number of hydrazone groups is 1. The van der Waals surface area contributed by atoms with Crippen LogP contribution in [0.2, 0.25) is 10.0 Å². The van der Waals surface area contributed by atoms with Gasteiger partial charge in [0, 0.05) is 5.02 Å². The van der Waals surface area contributed by atoms with Crippen molar-refractivity contribution in [3.8, 4) is 5.75 Å². The molecule has 0 saturated heterocycles. The second-order valence-corrected chi connectivity index (χ2v) is 4.76. The van der Waals surface area contributed by atoms with Crippen LogP contribution < -0.4 is 5.43 Å². The highest BCUT2D eigenvalue weighted by atomic mass is 35.5. The molecular weight excluding hydrogens is 299 g/mol. The summed E-state index contributed by atoms with van der Waals surface area (Å²) >= 11 is 11.7. The Bertz CT molecular complexity index is 672. The topological polar surface area (TPSA) is 61.7 Å². The van der Waals surface area contributed by atoms with Crippen LogP contribution in [0.3, 0.4) is 0 Å². The molecule has 0 saturated carbocycles. The third kappa shape index (κ3) is 3.73. The minimum atomic E-state index is -0.442. The number of phenolic OH excluding ortho intramolecular Hbond substituents is 1. The standard InChI is InChI=1S/C14H10Cl2N2O2/c15-10-4-5-12(13(16)7-10)14(20)18-17-8-9-2-1-3-11(19)6-9/h1-8,19H,(H,18,20)/b17-8-. The van der Waals surface area contributed by atoms with Crippen LogP contribution in [0.25, 0.3) is 0 Å². The molecule has 2 aromatic carbocycles. The van der Waals surface area contributed by atoms with Crippen molar-refractivity contribution in [1.29, 1.82) is 0 Å². The van der Waals surface area contributed by atoms with Gasteiger partial charge >= 0.3 is 0 Å². The van der Waals surface area contributed by atoms with Gasteiger partial charge in [0.2, 0.25) is 0 Å². The van der Waals surface area contributed by atoms with Crippen molar-refractivity contribution >= 4 is 35.3 Å². The van der Waals surface area contributed by atoms with E-state index >= 15 is 0 Å². The Morgan fingerprint density at radius 3 is 2.70 bits per heavy atom. The Hall–Kier alpha value is -2.04. The van der Waals surface area contributed by atoms with Crippen molar-refractivity contribution in [2.24, 2.45) is 5.10 Å². The highest BCUT2D eigenvalue weighted by Crippen LogP contribution is 2.20. The van der Waals surface area contributed by atoms with E-state index in [4.69, 9.17) is 23.2 Å². The van der Waals surface area contributed by atoms with Gasteiger partial charge in [0.1, 0.15) is 5.75 Å². The first kappa shape index (κ1) is 14.4. The predicted molar refractivity (Wildman–Crippen MR) is 79.6 cm³/mol. The zero-order chi connectivity index (χ0) is 14.5. The zero-order valence-corrected chi connectivity index (χ0v) is 11.7. The first-order valence-electron chi connectivity index (χ1n) is 5.64. The average molecular weight is 309 g/mol. The summed E-state index contributed by atoms with van der Waals surface area (Å²) in [7, 11) is 0. The molecule has 0 spiro atoms. The first-order chi connectivity index (χ1) is 9.56. The normalized spacial score (nSPS) is 10.7. The molecule has 0 aliphatic rings. The molecule has 0 radical (unpaired) electrons. The maximum atomic E-state index is 11.8. The Labute approximate surface area is 125 Å². The molecule has 20 heavy (non-hydrogen) atoms. The zero-order valence-electron chi connectivity index (χ0n) is 10.2. The number of halogens is 2. The fourth-order valence-electron chi connectivity index (χ4n) is 1.50.